The minimum absolute atomic E-state index is 0.325. The molecule has 1 atom stereocenters. The zero-order valence-electron chi connectivity index (χ0n) is 16.8. The summed E-state index contributed by atoms with van der Waals surface area (Å²) in [7, 11) is 4.35. The van der Waals surface area contributed by atoms with E-state index in [0.29, 0.717) is 6.04 Å². The van der Waals surface area contributed by atoms with E-state index in [1.165, 1.54) is 11.1 Å². The van der Waals surface area contributed by atoms with E-state index in [4.69, 9.17) is 4.74 Å². The Kier molecular flexibility index (Phi) is 7.21. The molecule has 5 nitrogen and oxygen atoms in total. The number of para-hydroxylation sites is 1. The number of piperazine rings is 1. The molecule has 1 saturated heterocycles. The third-order valence-corrected chi connectivity index (χ3v) is 5.50. The van der Waals surface area contributed by atoms with Gasteiger partial charge in [-0.25, -0.2) is 0 Å². The van der Waals surface area contributed by atoms with Crippen LogP contribution in [0.1, 0.15) is 24.1 Å². The molecule has 2 aromatic rings. The van der Waals surface area contributed by atoms with E-state index in [1.807, 2.05) is 12.4 Å². The lowest BCUT2D eigenvalue weighted by Crippen LogP contribution is -2.45. The second-order valence-corrected chi connectivity index (χ2v) is 7.47. The van der Waals surface area contributed by atoms with Crippen molar-refractivity contribution in [2.45, 2.75) is 19.5 Å². The van der Waals surface area contributed by atoms with Crippen LogP contribution < -0.4 is 4.74 Å². The van der Waals surface area contributed by atoms with Gasteiger partial charge in [-0.05, 0) is 44.8 Å². The molecule has 2 heterocycles. The first kappa shape index (κ1) is 19.8. The molecule has 1 unspecified atom stereocenters. The fourth-order valence-corrected chi connectivity index (χ4v) is 3.43. The Morgan fingerprint density at radius 2 is 1.78 bits per heavy atom. The molecule has 27 heavy (non-hydrogen) atoms. The number of pyridine rings is 1. The highest BCUT2D eigenvalue weighted by atomic mass is 16.5. The second-order valence-electron chi connectivity index (χ2n) is 7.47. The van der Waals surface area contributed by atoms with Gasteiger partial charge in [0.15, 0.2) is 0 Å². The smallest absolute Gasteiger partial charge is 0.123 e. The molecule has 0 saturated carbocycles. The third-order valence-electron chi connectivity index (χ3n) is 5.50. The van der Waals surface area contributed by atoms with E-state index in [2.05, 4.69) is 77.1 Å². The molecule has 1 aromatic heterocycles. The van der Waals surface area contributed by atoms with Crippen molar-refractivity contribution in [3.8, 4) is 5.75 Å². The number of hydrogen-bond donors (Lipinski definition) is 0. The molecule has 1 aromatic carbocycles. The lowest BCUT2D eigenvalue weighted by atomic mass is 10.1. The molecule has 0 amide bonds. The van der Waals surface area contributed by atoms with Gasteiger partial charge in [-0.15, -0.1) is 0 Å². The summed E-state index contributed by atoms with van der Waals surface area (Å²) in [6.07, 6.45) is 3.71. The van der Waals surface area contributed by atoms with Crippen molar-refractivity contribution in [2.24, 2.45) is 0 Å². The number of hydrogen-bond acceptors (Lipinski definition) is 5. The second kappa shape index (κ2) is 9.83. The largest absolute Gasteiger partial charge is 0.492 e. The van der Waals surface area contributed by atoms with Crippen molar-refractivity contribution < 1.29 is 4.74 Å². The Morgan fingerprint density at radius 3 is 2.52 bits per heavy atom. The molecule has 1 aliphatic heterocycles. The van der Waals surface area contributed by atoms with Crippen molar-refractivity contribution in [2.75, 3.05) is 53.4 Å². The molecular weight excluding hydrogens is 336 g/mol. The fraction of sp³-hybridized carbons (Fsp3) is 0.500. The topological polar surface area (TPSA) is 31.8 Å². The number of aromatic nitrogens is 1. The van der Waals surface area contributed by atoms with Crippen LogP contribution in [0, 0.1) is 0 Å². The SMILES string of the molecule is CC(c1ccncc1)N(C)Cc1ccccc1OCCN1CCN(C)CC1. The van der Waals surface area contributed by atoms with E-state index in [-0.39, 0.29) is 0 Å². The van der Waals surface area contributed by atoms with E-state index in [0.717, 1.165) is 51.6 Å². The maximum absolute atomic E-state index is 6.16. The maximum Gasteiger partial charge on any atom is 0.123 e. The van der Waals surface area contributed by atoms with Gasteiger partial charge in [0, 0.05) is 63.3 Å². The number of likely N-dealkylation sites (N-methyl/N-ethyl adjacent to an activating group) is 1. The monoisotopic (exact) mass is 368 g/mol. The summed E-state index contributed by atoms with van der Waals surface area (Å²) in [6, 6.07) is 12.9. The number of ether oxygens (including phenoxy) is 1. The minimum atomic E-state index is 0.325. The Bertz CT molecular complexity index is 686. The molecular formula is C22H32N4O. The van der Waals surface area contributed by atoms with Crippen LogP contribution in [0.25, 0.3) is 0 Å². The summed E-state index contributed by atoms with van der Waals surface area (Å²) < 4.78 is 6.16. The van der Waals surface area contributed by atoms with Gasteiger partial charge in [0.1, 0.15) is 12.4 Å². The third kappa shape index (κ3) is 5.76. The Morgan fingerprint density at radius 1 is 1.07 bits per heavy atom. The first-order valence-corrected chi connectivity index (χ1v) is 9.85. The summed E-state index contributed by atoms with van der Waals surface area (Å²) >= 11 is 0. The van der Waals surface area contributed by atoms with Crippen molar-refractivity contribution in [1.29, 1.82) is 0 Å². The van der Waals surface area contributed by atoms with Crippen LogP contribution in [0.2, 0.25) is 0 Å². The average Bonchev–Trinajstić information content (AvgIpc) is 2.71. The van der Waals surface area contributed by atoms with Gasteiger partial charge in [-0.3, -0.25) is 14.8 Å². The fourth-order valence-electron chi connectivity index (χ4n) is 3.43. The average molecular weight is 369 g/mol. The van der Waals surface area contributed by atoms with Gasteiger partial charge in [0.05, 0.1) is 0 Å². The number of rotatable bonds is 8. The highest BCUT2D eigenvalue weighted by Crippen LogP contribution is 2.24. The number of benzene rings is 1. The van der Waals surface area contributed by atoms with Gasteiger partial charge < -0.3 is 9.64 Å². The number of nitrogens with zero attached hydrogens (tertiary/aromatic N) is 4. The van der Waals surface area contributed by atoms with Crippen LogP contribution in [-0.4, -0.2) is 73.1 Å². The first-order valence-electron chi connectivity index (χ1n) is 9.85. The maximum atomic E-state index is 6.16. The Labute approximate surface area is 163 Å². The molecule has 0 aliphatic carbocycles. The summed E-state index contributed by atoms with van der Waals surface area (Å²) in [5.41, 5.74) is 2.51. The van der Waals surface area contributed by atoms with E-state index < -0.39 is 0 Å². The molecule has 5 heteroatoms. The van der Waals surface area contributed by atoms with Crippen molar-refractivity contribution in [1.82, 2.24) is 19.7 Å². The molecule has 0 radical (unpaired) electrons. The lowest BCUT2D eigenvalue weighted by Gasteiger charge is -2.32. The molecule has 146 valence electrons. The molecule has 1 aliphatic rings. The Hall–Kier alpha value is -1.95. The molecule has 3 rings (SSSR count). The zero-order valence-corrected chi connectivity index (χ0v) is 16.8. The highest BCUT2D eigenvalue weighted by Gasteiger charge is 2.15. The van der Waals surface area contributed by atoms with Crippen molar-refractivity contribution in [3.05, 3.63) is 59.9 Å². The highest BCUT2D eigenvalue weighted by molar-refractivity contribution is 5.33. The zero-order chi connectivity index (χ0) is 19.1. The normalized spacial score (nSPS) is 17.2. The summed E-state index contributed by atoms with van der Waals surface area (Å²) in [5, 5.41) is 0. The molecule has 0 N–H and O–H groups in total. The van der Waals surface area contributed by atoms with Crippen LogP contribution in [0.15, 0.2) is 48.8 Å². The quantitative estimate of drug-likeness (QED) is 0.715. The van der Waals surface area contributed by atoms with Gasteiger partial charge in [-0.1, -0.05) is 18.2 Å². The van der Waals surface area contributed by atoms with Crippen LogP contribution in [0.3, 0.4) is 0 Å². The van der Waals surface area contributed by atoms with Gasteiger partial charge in [-0.2, -0.15) is 0 Å². The predicted molar refractivity (Wildman–Crippen MR) is 110 cm³/mol. The van der Waals surface area contributed by atoms with Crippen LogP contribution in [0.4, 0.5) is 0 Å². The van der Waals surface area contributed by atoms with Gasteiger partial charge >= 0.3 is 0 Å². The standard InChI is InChI=1S/C22H32N4O/c1-19(20-8-10-23-11-9-20)25(3)18-21-6-4-5-7-22(21)27-17-16-26-14-12-24(2)13-15-26/h4-11,19H,12-18H2,1-3H3. The van der Waals surface area contributed by atoms with E-state index in [1.54, 1.807) is 0 Å². The van der Waals surface area contributed by atoms with Crippen LogP contribution >= 0.6 is 0 Å². The van der Waals surface area contributed by atoms with Gasteiger partial charge in [0.25, 0.3) is 0 Å². The summed E-state index contributed by atoms with van der Waals surface area (Å²) in [5.74, 6) is 1.00. The van der Waals surface area contributed by atoms with E-state index in [9.17, 15) is 0 Å². The van der Waals surface area contributed by atoms with E-state index >= 15 is 0 Å². The van der Waals surface area contributed by atoms with Crippen molar-refractivity contribution >= 4 is 0 Å². The molecule has 0 spiro atoms. The van der Waals surface area contributed by atoms with Crippen LogP contribution in [-0.2, 0) is 6.54 Å². The molecule has 0 bridgehead atoms. The Balaban J connectivity index is 1.54. The first-order chi connectivity index (χ1) is 13.1. The summed E-state index contributed by atoms with van der Waals surface area (Å²) in [6.45, 7) is 9.38. The van der Waals surface area contributed by atoms with Crippen LogP contribution in [0.5, 0.6) is 5.75 Å². The predicted octanol–water partition coefficient (Wildman–Crippen LogP) is 2.90. The molecule has 1 fully saturated rings. The minimum Gasteiger partial charge on any atom is -0.492 e. The van der Waals surface area contributed by atoms with Gasteiger partial charge in [0.2, 0.25) is 0 Å². The van der Waals surface area contributed by atoms with Crippen molar-refractivity contribution in [3.63, 3.8) is 0 Å². The summed E-state index contributed by atoms with van der Waals surface area (Å²) in [4.78, 5) is 11.3. The lowest BCUT2D eigenvalue weighted by molar-refractivity contribution is 0.133.